The molecule has 0 unspecified atom stereocenters. The van der Waals surface area contributed by atoms with Crippen LogP contribution in [0.5, 0.6) is 5.75 Å². The van der Waals surface area contributed by atoms with E-state index in [0.717, 1.165) is 22.6 Å². The highest BCUT2D eigenvalue weighted by Gasteiger charge is 2.34. The van der Waals surface area contributed by atoms with Gasteiger partial charge in [-0.15, -0.1) is 0 Å². The molecule has 1 aliphatic rings. The highest BCUT2D eigenvalue weighted by atomic mass is 16.9. The molecule has 0 N–H and O–H groups in total. The maximum absolute atomic E-state index is 5.53. The monoisotopic (exact) mass is 261 g/mol. The second-order valence-corrected chi connectivity index (χ2v) is 4.40. The van der Waals surface area contributed by atoms with E-state index < -0.39 is 6.29 Å². The second-order valence-electron chi connectivity index (χ2n) is 4.40. The van der Waals surface area contributed by atoms with Crippen LogP contribution >= 0.6 is 0 Å². The third-order valence-corrected chi connectivity index (χ3v) is 3.12. The highest BCUT2D eigenvalue weighted by molar-refractivity contribution is 5.65. The van der Waals surface area contributed by atoms with Crippen LogP contribution in [0.25, 0.3) is 11.3 Å². The summed E-state index contributed by atoms with van der Waals surface area (Å²) >= 11 is 0. The van der Waals surface area contributed by atoms with Crippen LogP contribution < -0.4 is 4.74 Å². The molecule has 1 saturated heterocycles. The van der Waals surface area contributed by atoms with E-state index in [1.54, 1.807) is 7.11 Å². The van der Waals surface area contributed by atoms with Crippen molar-refractivity contribution in [2.75, 3.05) is 7.11 Å². The summed E-state index contributed by atoms with van der Waals surface area (Å²) < 4.78 is 21.5. The minimum Gasteiger partial charge on any atom is -0.497 e. The predicted octanol–water partition coefficient (Wildman–Crippen LogP) is 3.05. The molecule has 0 aliphatic carbocycles. The summed E-state index contributed by atoms with van der Waals surface area (Å²) in [4.78, 5) is 0. The molecule has 3 rings (SSSR count). The molecule has 2 heterocycles. The third kappa shape index (κ3) is 2.11. The number of rotatable bonds is 3. The Morgan fingerprint density at radius 2 is 2.05 bits per heavy atom. The van der Waals surface area contributed by atoms with Gasteiger partial charge in [-0.3, -0.25) is 0 Å². The molecule has 5 nitrogen and oxygen atoms in total. The van der Waals surface area contributed by atoms with Gasteiger partial charge in [0.15, 0.2) is 12.6 Å². The van der Waals surface area contributed by atoms with Crippen molar-refractivity contribution in [3.05, 3.63) is 35.6 Å². The number of ether oxygens (including phenoxy) is 3. The van der Waals surface area contributed by atoms with Crippen molar-refractivity contribution in [2.45, 2.75) is 26.4 Å². The molecule has 100 valence electrons. The van der Waals surface area contributed by atoms with Crippen molar-refractivity contribution in [1.29, 1.82) is 0 Å². The van der Waals surface area contributed by atoms with Crippen molar-refractivity contribution >= 4 is 0 Å². The minimum atomic E-state index is -0.401. The van der Waals surface area contributed by atoms with Crippen molar-refractivity contribution < 1.29 is 18.7 Å². The summed E-state index contributed by atoms with van der Waals surface area (Å²) in [6, 6.07) is 7.65. The lowest BCUT2D eigenvalue weighted by Gasteiger charge is -2.33. The lowest BCUT2D eigenvalue weighted by atomic mass is 10.1. The van der Waals surface area contributed by atoms with Gasteiger partial charge in [-0.05, 0) is 26.0 Å². The van der Waals surface area contributed by atoms with Crippen LogP contribution in [0.4, 0.5) is 0 Å². The first-order valence-corrected chi connectivity index (χ1v) is 6.10. The molecule has 0 amide bonds. The van der Waals surface area contributed by atoms with Crippen molar-refractivity contribution in [2.24, 2.45) is 0 Å². The van der Waals surface area contributed by atoms with E-state index in [1.165, 1.54) is 0 Å². The zero-order valence-corrected chi connectivity index (χ0v) is 11.0. The Bertz CT molecular complexity index is 587. The molecule has 0 spiro atoms. The summed E-state index contributed by atoms with van der Waals surface area (Å²) in [5.41, 5.74) is 2.48. The van der Waals surface area contributed by atoms with Gasteiger partial charge in [0, 0.05) is 5.56 Å². The first-order valence-electron chi connectivity index (χ1n) is 6.10. The quantitative estimate of drug-likeness (QED) is 0.850. The molecule has 5 heteroatoms. The number of methoxy groups -OCH3 is 1. The smallest absolute Gasteiger partial charge is 0.195 e. The summed E-state index contributed by atoms with van der Waals surface area (Å²) in [5, 5.41) is 4.10. The second kappa shape index (κ2) is 4.68. The van der Waals surface area contributed by atoms with Crippen LogP contribution in [-0.4, -0.2) is 18.6 Å². The number of hydrogen-bond acceptors (Lipinski definition) is 5. The molecule has 1 aromatic heterocycles. The molecule has 1 aromatic carbocycles. The van der Waals surface area contributed by atoms with Crippen LogP contribution in [0.1, 0.15) is 24.5 Å². The van der Waals surface area contributed by atoms with E-state index in [2.05, 4.69) is 5.16 Å². The van der Waals surface area contributed by atoms with Gasteiger partial charge in [-0.2, -0.15) is 0 Å². The number of aromatic nitrogens is 1. The van der Waals surface area contributed by atoms with Crippen molar-refractivity contribution in [1.82, 2.24) is 5.16 Å². The largest absolute Gasteiger partial charge is 0.497 e. The van der Waals surface area contributed by atoms with Gasteiger partial charge >= 0.3 is 0 Å². The highest BCUT2D eigenvalue weighted by Crippen LogP contribution is 2.39. The van der Waals surface area contributed by atoms with Crippen LogP contribution in [0.3, 0.4) is 0 Å². The van der Waals surface area contributed by atoms with Gasteiger partial charge in [0.05, 0.1) is 12.7 Å². The van der Waals surface area contributed by atoms with Crippen LogP contribution in [0, 0.1) is 6.92 Å². The Labute approximate surface area is 111 Å². The topological polar surface area (TPSA) is 53.7 Å². The normalized spacial score (nSPS) is 22.1. The number of hydrogen-bond donors (Lipinski definition) is 0. The Balaban J connectivity index is 2.00. The average molecular weight is 261 g/mol. The van der Waals surface area contributed by atoms with Gasteiger partial charge in [0.1, 0.15) is 17.2 Å². The fraction of sp³-hybridized carbons (Fsp3) is 0.357. The molecule has 0 saturated carbocycles. The SMILES string of the molecule is COc1cccc(-c2noc(C)c2C2OC(C)O2)c1. The first-order chi connectivity index (χ1) is 9.19. The molecular weight excluding hydrogens is 246 g/mol. The minimum absolute atomic E-state index is 0.183. The molecule has 2 aromatic rings. The van der Waals surface area contributed by atoms with Gasteiger partial charge < -0.3 is 18.7 Å². The molecule has 1 aliphatic heterocycles. The Morgan fingerprint density at radius 3 is 2.74 bits per heavy atom. The summed E-state index contributed by atoms with van der Waals surface area (Å²) in [6.07, 6.45) is -0.583. The molecular formula is C14H15NO4. The van der Waals surface area contributed by atoms with E-state index >= 15 is 0 Å². The third-order valence-electron chi connectivity index (χ3n) is 3.12. The van der Waals surface area contributed by atoms with Crippen LogP contribution in [0.15, 0.2) is 28.8 Å². The first kappa shape index (κ1) is 12.2. The zero-order valence-electron chi connectivity index (χ0n) is 11.0. The Hall–Kier alpha value is -1.85. The van der Waals surface area contributed by atoms with Gasteiger partial charge in [0.25, 0.3) is 0 Å². The van der Waals surface area contributed by atoms with E-state index in [1.807, 2.05) is 38.1 Å². The summed E-state index contributed by atoms with van der Waals surface area (Å²) in [5.74, 6) is 1.47. The lowest BCUT2D eigenvalue weighted by molar-refractivity contribution is -0.382. The maximum Gasteiger partial charge on any atom is 0.195 e. The standard InChI is InChI=1S/C14H15NO4/c1-8-12(14-17-9(2)18-14)13(15-19-8)10-5-4-6-11(7-10)16-3/h4-7,9,14H,1-3H3. The van der Waals surface area contributed by atoms with E-state index in [0.29, 0.717) is 5.76 Å². The Kier molecular flexibility index (Phi) is 3.00. The van der Waals surface area contributed by atoms with Gasteiger partial charge in [-0.1, -0.05) is 17.3 Å². The summed E-state index contributed by atoms with van der Waals surface area (Å²) in [7, 11) is 1.63. The fourth-order valence-corrected chi connectivity index (χ4v) is 2.13. The fourth-order valence-electron chi connectivity index (χ4n) is 2.13. The van der Waals surface area contributed by atoms with E-state index in [9.17, 15) is 0 Å². The Morgan fingerprint density at radius 1 is 1.26 bits per heavy atom. The van der Waals surface area contributed by atoms with Crippen molar-refractivity contribution in [3.63, 3.8) is 0 Å². The van der Waals surface area contributed by atoms with Crippen LogP contribution in [-0.2, 0) is 9.47 Å². The zero-order chi connectivity index (χ0) is 13.4. The molecule has 0 atom stereocenters. The molecule has 0 radical (unpaired) electrons. The van der Waals surface area contributed by atoms with E-state index in [-0.39, 0.29) is 6.29 Å². The number of nitrogens with zero attached hydrogens (tertiary/aromatic N) is 1. The molecule has 0 bridgehead atoms. The van der Waals surface area contributed by atoms with Gasteiger partial charge in [0.2, 0.25) is 0 Å². The van der Waals surface area contributed by atoms with Gasteiger partial charge in [-0.25, -0.2) is 0 Å². The number of benzene rings is 1. The predicted molar refractivity (Wildman–Crippen MR) is 67.6 cm³/mol. The molecule has 19 heavy (non-hydrogen) atoms. The number of aryl methyl sites for hydroxylation is 1. The maximum atomic E-state index is 5.53. The summed E-state index contributed by atoms with van der Waals surface area (Å²) in [6.45, 7) is 3.70. The van der Waals surface area contributed by atoms with Crippen LogP contribution in [0.2, 0.25) is 0 Å². The average Bonchev–Trinajstić information content (AvgIpc) is 2.77. The van der Waals surface area contributed by atoms with Crippen molar-refractivity contribution in [3.8, 4) is 17.0 Å². The van der Waals surface area contributed by atoms with E-state index in [4.69, 9.17) is 18.7 Å². The molecule has 1 fully saturated rings. The lowest BCUT2D eigenvalue weighted by Crippen LogP contribution is -2.32.